The Hall–Kier alpha value is -2.31. The number of hydrogen-bond donors (Lipinski definition) is 3. The van der Waals surface area contributed by atoms with Crippen LogP contribution in [0.2, 0.25) is 0 Å². The summed E-state index contributed by atoms with van der Waals surface area (Å²) in [4.78, 5) is 22.7. The molecule has 0 bridgehead atoms. The molecule has 0 radical (unpaired) electrons. The van der Waals surface area contributed by atoms with Gasteiger partial charge in [-0.2, -0.15) is 0 Å². The number of amides is 1. The highest BCUT2D eigenvalue weighted by Gasteiger charge is 2.25. The molecule has 1 aromatic rings. The monoisotopic (exact) mass is 299 g/mol. The zero-order valence-electron chi connectivity index (χ0n) is 12.0. The number of nitrogens with one attached hydrogen (secondary N) is 1. The molecule has 6 nitrogen and oxygen atoms in total. The Kier molecular flexibility index (Phi) is 5.12. The van der Waals surface area contributed by atoms with E-state index in [0.717, 1.165) is 12.1 Å². The fourth-order valence-electron chi connectivity index (χ4n) is 1.58. The number of aromatic hydroxyl groups is 1. The van der Waals surface area contributed by atoms with Crippen molar-refractivity contribution < 1.29 is 28.9 Å². The Morgan fingerprint density at radius 3 is 2.48 bits per heavy atom. The SMILES string of the molecule is CC(C)(C)OC(=O)N[C@H](Cc1ccc(F)cc1O)C(=O)O. The van der Waals surface area contributed by atoms with Crippen molar-refractivity contribution in [1.82, 2.24) is 5.32 Å². The Balaban J connectivity index is 2.79. The van der Waals surface area contributed by atoms with Gasteiger partial charge in [0, 0.05) is 12.5 Å². The number of phenolic OH excluding ortho intramolecular Hbond substituents is 1. The number of carbonyl (C=O) groups excluding carboxylic acids is 1. The number of rotatable bonds is 4. The van der Waals surface area contributed by atoms with Gasteiger partial charge in [0.05, 0.1) is 0 Å². The topological polar surface area (TPSA) is 95.9 Å². The van der Waals surface area contributed by atoms with Crippen LogP contribution in [0, 0.1) is 5.82 Å². The Morgan fingerprint density at radius 2 is 2.00 bits per heavy atom. The number of halogens is 1. The number of carbonyl (C=O) groups is 2. The number of alkyl carbamates (subject to hydrolysis) is 1. The summed E-state index contributed by atoms with van der Waals surface area (Å²) in [6.45, 7) is 4.94. The highest BCUT2D eigenvalue weighted by atomic mass is 19.1. The first-order chi connectivity index (χ1) is 9.58. The highest BCUT2D eigenvalue weighted by Crippen LogP contribution is 2.20. The molecule has 3 N–H and O–H groups in total. The van der Waals surface area contributed by atoms with Crippen LogP contribution in [0.1, 0.15) is 26.3 Å². The molecule has 0 saturated heterocycles. The van der Waals surface area contributed by atoms with Gasteiger partial charge in [0.15, 0.2) is 0 Å². The second-order valence-electron chi connectivity index (χ2n) is 5.51. The van der Waals surface area contributed by atoms with Crippen LogP contribution < -0.4 is 5.32 Å². The molecule has 0 aromatic heterocycles. The van der Waals surface area contributed by atoms with Crippen molar-refractivity contribution >= 4 is 12.1 Å². The Labute approximate surface area is 121 Å². The third-order valence-corrected chi connectivity index (χ3v) is 2.46. The molecule has 0 aliphatic carbocycles. The van der Waals surface area contributed by atoms with Gasteiger partial charge in [0.2, 0.25) is 0 Å². The number of aliphatic carboxylic acids is 1. The number of carboxylic acids is 1. The molecule has 0 heterocycles. The fraction of sp³-hybridized carbons (Fsp3) is 0.429. The van der Waals surface area contributed by atoms with E-state index in [9.17, 15) is 19.1 Å². The lowest BCUT2D eigenvalue weighted by atomic mass is 10.0. The van der Waals surface area contributed by atoms with Gasteiger partial charge in [-0.05, 0) is 32.4 Å². The van der Waals surface area contributed by atoms with Crippen LogP contribution >= 0.6 is 0 Å². The van der Waals surface area contributed by atoms with E-state index in [1.807, 2.05) is 0 Å². The second kappa shape index (κ2) is 6.43. The first kappa shape index (κ1) is 16.7. The van der Waals surface area contributed by atoms with Crippen molar-refractivity contribution in [3.8, 4) is 5.75 Å². The molecular formula is C14H18FNO5. The summed E-state index contributed by atoms with van der Waals surface area (Å²) >= 11 is 0. The zero-order chi connectivity index (χ0) is 16.2. The standard InChI is InChI=1S/C14H18FNO5/c1-14(2,3)21-13(20)16-10(12(18)19)6-8-4-5-9(15)7-11(8)17/h4-5,7,10,17H,6H2,1-3H3,(H,16,20)(H,18,19)/t10-/m1/s1. The molecule has 1 aromatic carbocycles. The van der Waals surface area contributed by atoms with Crippen molar-refractivity contribution in [2.75, 3.05) is 0 Å². The molecule has 116 valence electrons. The summed E-state index contributed by atoms with van der Waals surface area (Å²) < 4.78 is 17.8. The van der Waals surface area contributed by atoms with Crippen LogP contribution in [0.3, 0.4) is 0 Å². The molecule has 1 rings (SSSR count). The zero-order valence-corrected chi connectivity index (χ0v) is 12.0. The van der Waals surface area contributed by atoms with E-state index >= 15 is 0 Å². The normalized spacial score (nSPS) is 12.6. The summed E-state index contributed by atoms with van der Waals surface area (Å²) in [7, 11) is 0. The van der Waals surface area contributed by atoms with Crippen LogP contribution in [0.4, 0.5) is 9.18 Å². The predicted octanol–water partition coefficient (Wildman–Crippen LogP) is 2.05. The maximum absolute atomic E-state index is 12.9. The second-order valence-corrected chi connectivity index (χ2v) is 5.51. The largest absolute Gasteiger partial charge is 0.508 e. The number of benzene rings is 1. The molecule has 0 unspecified atom stereocenters. The van der Waals surface area contributed by atoms with Gasteiger partial charge in [-0.15, -0.1) is 0 Å². The van der Waals surface area contributed by atoms with Gasteiger partial charge >= 0.3 is 12.1 Å². The van der Waals surface area contributed by atoms with Crippen molar-refractivity contribution in [3.63, 3.8) is 0 Å². The summed E-state index contributed by atoms with van der Waals surface area (Å²) in [6.07, 6.45) is -1.07. The van der Waals surface area contributed by atoms with Crippen LogP contribution in [0.15, 0.2) is 18.2 Å². The number of phenols is 1. The molecule has 1 atom stereocenters. The maximum Gasteiger partial charge on any atom is 0.408 e. The fourth-order valence-corrected chi connectivity index (χ4v) is 1.58. The summed E-state index contributed by atoms with van der Waals surface area (Å²) in [5.74, 6) is -2.29. The van der Waals surface area contributed by atoms with Crippen molar-refractivity contribution in [1.29, 1.82) is 0 Å². The van der Waals surface area contributed by atoms with Crippen LogP contribution in [-0.2, 0) is 16.0 Å². The van der Waals surface area contributed by atoms with Gasteiger partial charge in [0.1, 0.15) is 23.2 Å². The lowest BCUT2D eigenvalue weighted by molar-refractivity contribution is -0.139. The molecule has 0 fully saturated rings. The minimum Gasteiger partial charge on any atom is -0.508 e. The van der Waals surface area contributed by atoms with Crippen molar-refractivity contribution in [2.24, 2.45) is 0 Å². The molecular weight excluding hydrogens is 281 g/mol. The number of ether oxygens (including phenoxy) is 1. The van der Waals surface area contributed by atoms with E-state index in [2.05, 4.69) is 5.32 Å². The third-order valence-electron chi connectivity index (χ3n) is 2.46. The molecule has 1 amide bonds. The van der Waals surface area contributed by atoms with E-state index < -0.39 is 29.5 Å². The minimum absolute atomic E-state index is 0.194. The maximum atomic E-state index is 12.9. The van der Waals surface area contributed by atoms with Crippen LogP contribution in [-0.4, -0.2) is 33.9 Å². The summed E-state index contributed by atoms with van der Waals surface area (Å²) in [5.41, 5.74) is -0.551. The molecule has 7 heteroatoms. The van der Waals surface area contributed by atoms with E-state index in [4.69, 9.17) is 9.84 Å². The predicted molar refractivity (Wildman–Crippen MR) is 72.6 cm³/mol. The quantitative estimate of drug-likeness (QED) is 0.790. The van der Waals surface area contributed by atoms with Crippen molar-refractivity contribution in [3.05, 3.63) is 29.6 Å². The van der Waals surface area contributed by atoms with E-state index in [-0.39, 0.29) is 17.7 Å². The summed E-state index contributed by atoms with van der Waals surface area (Å²) in [5, 5.41) is 20.9. The first-order valence-corrected chi connectivity index (χ1v) is 6.28. The Morgan fingerprint density at radius 1 is 1.38 bits per heavy atom. The Bertz CT molecular complexity index is 539. The van der Waals surface area contributed by atoms with Crippen molar-refractivity contribution in [2.45, 2.75) is 38.8 Å². The van der Waals surface area contributed by atoms with Gasteiger partial charge < -0.3 is 20.3 Å². The molecule has 0 saturated carbocycles. The number of hydrogen-bond acceptors (Lipinski definition) is 4. The number of carboxylic acid groups (broad SMARTS) is 1. The summed E-state index contributed by atoms with van der Waals surface area (Å²) in [6, 6.07) is 1.94. The van der Waals surface area contributed by atoms with Gasteiger partial charge in [-0.3, -0.25) is 0 Å². The van der Waals surface area contributed by atoms with E-state index in [1.165, 1.54) is 6.07 Å². The molecule has 0 spiro atoms. The van der Waals surface area contributed by atoms with E-state index in [0.29, 0.717) is 0 Å². The highest BCUT2D eigenvalue weighted by molar-refractivity contribution is 5.80. The average molecular weight is 299 g/mol. The lowest BCUT2D eigenvalue weighted by Crippen LogP contribution is -2.44. The minimum atomic E-state index is -1.30. The molecule has 0 aliphatic rings. The average Bonchev–Trinajstić information content (AvgIpc) is 2.28. The van der Waals surface area contributed by atoms with Crippen LogP contribution in [0.25, 0.3) is 0 Å². The van der Waals surface area contributed by atoms with Gasteiger partial charge in [-0.1, -0.05) is 6.07 Å². The van der Waals surface area contributed by atoms with Crippen LogP contribution in [0.5, 0.6) is 5.75 Å². The lowest BCUT2D eigenvalue weighted by Gasteiger charge is -2.22. The van der Waals surface area contributed by atoms with E-state index in [1.54, 1.807) is 20.8 Å². The first-order valence-electron chi connectivity index (χ1n) is 6.28. The van der Waals surface area contributed by atoms with Gasteiger partial charge in [-0.25, -0.2) is 14.0 Å². The smallest absolute Gasteiger partial charge is 0.408 e. The molecule has 0 aliphatic heterocycles. The molecule has 21 heavy (non-hydrogen) atoms. The third kappa shape index (κ3) is 5.68. The van der Waals surface area contributed by atoms with Gasteiger partial charge in [0.25, 0.3) is 0 Å².